The molecule has 0 unspecified atom stereocenters. The normalized spacial score (nSPS) is 25.9. The second-order valence-corrected chi connectivity index (χ2v) is 5.83. The van der Waals surface area contributed by atoms with Crippen LogP contribution in [0.25, 0.3) is 0 Å². The fraction of sp³-hybridized carbons (Fsp3) is 0.235. The van der Waals surface area contributed by atoms with Crippen molar-refractivity contribution < 1.29 is 27.9 Å². The number of amides is 2. The first-order valence-electron chi connectivity index (χ1n) is 7.61. The molecule has 0 aliphatic carbocycles. The minimum atomic E-state index is -5.27. The Bertz CT molecular complexity index is 814. The Labute approximate surface area is 146 Å². The van der Waals surface area contributed by atoms with Gasteiger partial charge in [-0.25, -0.2) is 4.79 Å². The number of carbonyl (C=O) groups excluding carboxylic acids is 2. The van der Waals surface area contributed by atoms with Gasteiger partial charge in [-0.3, -0.25) is 9.78 Å². The summed E-state index contributed by atoms with van der Waals surface area (Å²) in [5, 5.41) is 14.1. The van der Waals surface area contributed by atoms with Crippen molar-refractivity contribution in [3.63, 3.8) is 0 Å². The number of hydrogen-bond donors (Lipinski definition) is 3. The topological polar surface area (TPSA) is 91.3 Å². The van der Waals surface area contributed by atoms with Gasteiger partial charge in [-0.15, -0.1) is 0 Å². The number of aliphatic hydroxyl groups is 1. The molecule has 1 aromatic heterocycles. The van der Waals surface area contributed by atoms with Crippen molar-refractivity contribution in [3.8, 4) is 0 Å². The smallest absolute Gasteiger partial charge is 0.363 e. The first-order chi connectivity index (χ1) is 12.2. The summed E-state index contributed by atoms with van der Waals surface area (Å²) in [5.74, 6) is -3.00. The van der Waals surface area contributed by atoms with Crippen molar-refractivity contribution in [2.75, 3.05) is 0 Å². The molecule has 6 nitrogen and oxygen atoms in total. The predicted octanol–water partition coefficient (Wildman–Crippen LogP) is 2.19. The summed E-state index contributed by atoms with van der Waals surface area (Å²) in [7, 11) is 0. The van der Waals surface area contributed by atoms with Gasteiger partial charge in [0.15, 0.2) is 5.78 Å². The van der Waals surface area contributed by atoms with Gasteiger partial charge in [0.2, 0.25) is 5.72 Å². The molecule has 9 heteroatoms. The molecular formula is C17H14F3N3O3. The van der Waals surface area contributed by atoms with Crippen LogP contribution in [0.2, 0.25) is 0 Å². The summed E-state index contributed by atoms with van der Waals surface area (Å²) in [6.45, 7) is 0. The van der Waals surface area contributed by atoms with Crippen LogP contribution in [0.1, 0.15) is 22.0 Å². The lowest BCUT2D eigenvalue weighted by Gasteiger charge is -2.45. The summed E-state index contributed by atoms with van der Waals surface area (Å²) < 4.78 is 41.0. The number of urea groups is 1. The third-order valence-electron chi connectivity index (χ3n) is 4.21. The van der Waals surface area contributed by atoms with E-state index in [1.807, 2.05) is 0 Å². The van der Waals surface area contributed by atoms with Crippen LogP contribution in [0.3, 0.4) is 0 Å². The van der Waals surface area contributed by atoms with E-state index in [4.69, 9.17) is 0 Å². The number of hydrogen-bond acceptors (Lipinski definition) is 4. The fourth-order valence-corrected chi connectivity index (χ4v) is 2.97. The lowest BCUT2D eigenvalue weighted by Crippen LogP contribution is -2.72. The lowest BCUT2D eigenvalue weighted by atomic mass is 9.77. The number of halogens is 3. The number of rotatable bonds is 3. The van der Waals surface area contributed by atoms with Gasteiger partial charge in [0.05, 0.1) is 6.04 Å². The average molecular weight is 365 g/mol. The number of Topliss-reactive ketones (excluding diaryl/α,β-unsaturated/α-hetero) is 1. The second-order valence-electron chi connectivity index (χ2n) is 5.83. The maximum absolute atomic E-state index is 13.7. The molecule has 2 heterocycles. The molecule has 0 radical (unpaired) electrons. The largest absolute Gasteiger partial charge is 0.437 e. The number of ketones is 1. The zero-order valence-corrected chi connectivity index (χ0v) is 13.2. The molecule has 3 rings (SSSR count). The second kappa shape index (κ2) is 6.41. The Kier molecular flexibility index (Phi) is 4.41. The summed E-state index contributed by atoms with van der Waals surface area (Å²) in [4.78, 5) is 28.5. The minimum absolute atomic E-state index is 0.0165. The van der Waals surface area contributed by atoms with Gasteiger partial charge in [-0.2, -0.15) is 13.2 Å². The van der Waals surface area contributed by atoms with Gasteiger partial charge in [0.1, 0.15) is 5.92 Å². The molecule has 1 saturated heterocycles. The Morgan fingerprint density at radius 1 is 1.12 bits per heavy atom. The van der Waals surface area contributed by atoms with Crippen LogP contribution in [0.15, 0.2) is 54.9 Å². The van der Waals surface area contributed by atoms with Gasteiger partial charge >= 0.3 is 12.2 Å². The van der Waals surface area contributed by atoms with E-state index in [1.165, 1.54) is 54.1 Å². The quantitative estimate of drug-likeness (QED) is 0.727. The Morgan fingerprint density at radius 2 is 1.73 bits per heavy atom. The molecule has 1 aromatic carbocycles. The standard InChI is InChI=1S/C17H14F3N3O3/c18-17(19,20)16(26)12(14(24)11-4-2-1-3-5-11)13(22-15(25)23-16)10-6-8-21-9-7-10/h1-9,12-13,26H,(H2,22,23,25)/t12-,13-,16-/m0/s1. The maximum Gasteiger partial charge on any atom is 0.437 e. The SMILES string of the molecule is O=C1N[C@@H](c2ccncc2)[C@@H](C(=O)c2ccccc2)[C@](O)(C(F)(F)F)N1. The molecule has 136 valence electrons. The maximum atomic E-state index is 13.7. The van der Waals surface area contributed by atoms with Crippen LogP contribution in [0, 0.1) is 5.92 Å². The number of carbonyl (C=O) groups is 2. The van der Waals surface area contributed by atoms with Crippen molar-refractivity contribution in [1.82, 2.24) is 15.6 Å². The highest BCUT2D eigenvalue weighted by Gasteiger charge is 2.66. The van der Waals surface area contributed by atoms with Gasteiger partial charge < -0.3 is 15.7 Å². The highest BCUT2D eigenvalue weighted by Crippen LogP contribution is 2.43. The lowest BCUT2D eigenvalue weighted by molar-refractivity contribution is -0.287. The molecule has 2 aromatic rings. The molecule has 1 fully saturated rings. The van der Waals surface area contributed by atoms with Gasteiger partial charge in [0.25, 0.3) is 0 Å². The fourth-order valence-electron chi connectivity index (χ4n) is 2.97. The van der Waals surface area contributed by atoms with Crippen LogP contribution in [-0.2, 0) is 0 Å². The highest BCUT2D eigenvalue weighted by atomic mass is 19.4. The van der Waals surface area contributed by atoms with Crippen LogP contribution >= 0.6 is 0 Å². The van der Waals surface area contributed by atoms with E-state index in [1.54, 1.807) is 6.07 Å². The number of benzene rings is 1. The molecule has 26 heavy (non-hydrogen) atoms. The predicted molar refractivity (Wildman–Crippen MR) is 83.9 cm³/mol. The Balaban J connectivity index is 2.15. The number of nitrogens with one attached hydrogen (secondary N) is 2. The van der Waals surface area contributed by atoms with E-state index in [9.17, 15) is 27.9 Å². The first kappa shape index (κ1) is 17.9. The Hall–Kier alpha value is -2.94. The van der Waals surface area contributed by atoms with Crippen molar-refractivity contribution in [2.45, 2.75) is 17.9 Å². The zero-order valence-electron chi connectivity index (χ0n) is 13.2. The molecule has 0 spiro atoms. The van der Waals surface area contributed by atoms with Crippen molar-refractivity contribution in [1.29, 1.82) is 0 Å². The third kappa shape index (κ3) is 3.01. The van der Waals surface area contributed by atoms with E-state index in [-0.39, 0.29) is 11.1 Å². The molecule has 3 atom stereocenters. The van der Waals surface area contributed by atoms with Gasteiger partial charge in [-0.1, -0.05) is 30.3 Å². The number of alkyl halides is 3. The van der Waals surface area contributed by atoms with Crippen molar-refractivity contribution >= 4 is 11.8 Å². The monoisotopic (exact) mass is 365 g/mol. The number of nitrogens with zero attached hydrogens (tertiary/aromatic N) is 1. The van der Waals surface area contributed by atoms with E-state index < -0.39 is 35.7 Å². The summed E-state index contributed by atoms with van der Waals surface area (Å²) in [6, 6.07) is 7.41. The summed E-state index contributed by atoms with van der Waals surface area (Å²) >= 11 is 0. The zero-order chi connectivity index (χ0) is 18.9. The van der Waals surface area contributed by atoms with E-state index in [0.717, 1.165) is 0 Å². The van der Waals surface area contributed by atoms with Crippen molar-refractivity contribution in [3.05, 3.63) is 66.0 Å². The molecule has 1 aliphatic heterocycles. The van der Waals surface area contributed by atoms with E-state index in [0.29, 0.717) is 0 Å². The van der Waals surface area contributed by atoms with Crippen LogP contribution in [0.4, 0.5) is 18.0 Å². The van der Waals surface area contributed by atoms with Gasteiger partial charge in [-0.05, 0) is 17.7 Å². The average Bonchev–Trinajstić information content (AvgIpc) is 2.61. The molecule has 3 N–H and O–H groups in total. The number of aromatic nitrogens is 1. The molecule has 0 saturated carbocycles. The minimum Gasteiger partial charge on any atom is -0.363 e. The third-order valence-corrected chi connectivity index (χ3v) is 4.21. The summed E-state index contributed by atoms with van der Waals surface area (Å²) in [6.07, 6.45) is -2.63. The first-order valence-corrected chi connectivity index (χ1v) is 7.61. The number of pyridine rings is 1. The Morgan fingerprint density at radius 3 is 2.31 bits per heavy atom. The van der Waals surface area contributed by atoms with Gasteiger partial charge in [0, 0.05) is 18.0 Å². The van der Waals surface area contributed by atoms with E-state index in [2.05, 4.69) is 10.3 Å². The van der Waals surface area contributed by atoms with Crippen molar-refractivity contribution in [2.24, 2.45) is 5.92 Å². The molecule has 1 aliphatic rings. The van der Waals surface area contributed by atoms with Crippen LogP contribution in [0.5, 0.6) is 0 Å². The molecule has 2 amide bonds. The van der Waals surface area contributed by atoms with E-state index >= 15 is 0 Å². The highest BCUT2D eigenvalue weighted by molar-refractivity contribution is 6.00. The van der Waals surface area contributed by atoms with Crippen LogP contribution < -0.4 is 10.6 Å². The molecule has 0 bridgehead atoms. The summed E-state index contributed by atoms with van der Waals surface area (Å²) in [5.41, 5.74) is -3.53. The molecular weight excluding hydrogens is 351 g/mol. The van der Waals surface area contributed by atoms with Crippen LogP contribution in [-0.4, -0.2) is 33.8 Å².